The highest BCUT2D eigenvalue weighted by Crippen LogP contribution is 2.34. The lowest BCUT2D eigenvalue weighted by molar-refractivity contribution is -0.137. The third kappa shape index (κ3) is 1.80. The molecule has 0 saturated carbocycles. The summed E-state index contributed by atoms with van der Waals surface area (Å²) in [5, 5.41) is 1.60. The lowest BCUT2D eigenvalue weighted by Crippen LogP contribution is -2.49. The zero-order valence-electron chi connectivity index (χ0n) is 11.0. The van der Waals surface area contributed by atoms with E-state index in [0.717, 1.165) is 27.6 Å². The Morgan fingerprint density at radius 3 is 2.00 bits per heavy atom. The molecular formula is C15H12F4Si. The van der Waals surface area contributed by atoms with Crippen LogP contribution in [0, 0.1) is 5.82 Å². The van der Waals surface area contributed by atoms with Gasteiger partial charge < -0.3 is 0 Å². The fraction of sp³-hybridized carbons (Fsp3) is 0.200. The van der Waals surface area contributed by atoms with Crippen LogP contribution in [0.25, 0.3) is 11.1 Å². The maximum Gasteiger partial charge on any atom is 0.416 e. The minimum absolute atomic E-state index is 0.340. The average molecular weight is 296 g/mol. The summed E-state index contributed by atoms with van der Waals surface area (Å²) < 4.78 is 52.0. The zero-order valence-corrected chi connectivity index (χ0v) is 12.0. The molecule has 0 saturated heterocycles. The maximum absolute atomic E-state index is 13.4. The average Bonchev–Trinajstić information content (AvgIpc) is 2.57. The molecule has 0 spiro atoms. The fourth-order valence-electron chi connectivity index (χ4n) is 2.89. The van der Waals surface area contributed by atoms with Crippen LogP contribution in [0.15, 0.2) is 36.4 Å². The Morgan fingerprint density at radius 1 is 0.850 bits per heavy atom. The van der Waals surface area contributed by atoms with E-state index in [4.69, 9.17) is 0 Å². The lowest BCUT2D eigenvalue weighted by Gasteiger charge is -2.19. The summed E-state index contributed by atoms with van der Waals surface area (Å²) in [4.78, 5) is 0. The summed E-state index contributed by atoms with van der Waals surface area (Å²) in [6.45, 7) is 3.91. The van der Waals surface area contributed by atoms with Crippen molar-refractivity contribution >= 4 is 18.4 Å². The molecule has 0 nitrogen and oxygen atoms in total. The van der Waals surface area contributed by atoms with E-state index in [2.05, 4.69) is 0 Å². The molecule has 104 valence electrons. The number of halogens is 4. The second-order valence-electron chi connectivity index (χ2n) is 5.57. The summed E-state index contributed by atoms with van der Waals surface area (Å²) in [7, 11) is -2.26. The van der Waals surface area contributed by atoms with Gasteiger partial charge in [-0.15, -0.1) is 0 Å². The van der Waals surface area contributed by atoms with Gasteiger partial charge in [0.15, 0.2) is 0 Å². The van der Waals surface area contributed by atoms with Crippen LogP contribution in [-0.2, 0) is 6.18 Å². The largest absolute Gasteiger partial charge is 0.416 e. The highest BCUT2D eigenvalue weighted by molar-refractivity contribution is 7.03. The molecule has 1 aliphatic rings. The Bertz CT molecular complexity index is 702. The Hall–Kier alpha value is -1.62. The Labute approximate surface area is 115 Å². The van der Waals surface area contributed by atoms with E-state index in [1.165, 1.54) is 24.3 Å². The zero-order chi connectivity index (χ0) is 14.7. The van der Waals surface area contributed by atoms with Gasteiger partial charge in [-0.25, -0.2) is 4.39 Å². The third-order valence-electron chi connectivity index (χ3n) is 3.97. The molecule has 0 atom stereocenters. The van der Waals surface area contributed by atoms with E-state index in [1.54, 1.807) is 6.07 Å². The van der Waals surface area contributed by atoms with Crippen molar-refractivity contribution in [3.05, 3.63) is 47.8 Å². The second kappa shape index (κ2) is 3.94. The molecule has 0 unspecified atom stereocenters. The smallest absolute Gasteiger partial charge is 0.207 e. The van der Waals surface area contributed by atoms with Crippen molar-refractivity contribution in [2.45, 2.75) is 19.3 Å². The molecule has 2 aromatic carbocycles. The molecular weight excluding hydrogens is 284 g/mol. The van der Waals surface area contributed by atoms with Crippen LogP contribution in [0.4, 0.5) is 17.6 Å². The highest BCUT2D eigenvalue weighted by atomic mass is 28.3. The number of hydrogen-bond acceptors (Lipinski definition) is 0. The number of alkyl halides is 3. The quantitative estimate of drug-likeness (QED) is 0.514. The molecule has 0 aliphatic carbocycles. The van der Waals surface area contributed by atoms with E-state index < -0.39 is 19.8 Å². The van der Waals surface area contributed by atoms with Crippen molar-refractivity contribution in [3.8, 4) is 11.1 Å². The van der Waals surface area contributed by atoms with Crippen LogP contribution in [0.3, 0.4) is 0 Å². The van der Waals surface area contributed by atoms with Crippen LogP contribution in [0.1, 0.15) is 5.56 Å². The first-order valence-electron chi connectivity index (χ1n) is 6.23. The summed E-state index contributed by atoms with van der Waals surface area (Å²) >= 11 is 0. The molecule has 2 aromatic rings. The molecule has 0 bridgehead atoms. The maximum atomic E-state index is 13.4. The Morgan fingerprint density at radius 2 is 1.40 bits per heavy atom. The first-order valence-corrected chi connectivity index (χ1v) is 9.23. The standard InChI is InChI=1S/C15H12F4Si/c1-20(2)13-7-9(15(17,18)19)3-5-11(13)12-6-4-10(16)8-14(12)20/h3-8H,1-2H3. The fourth-order valence-corrected chi connectivity index (χ4v) is 5.97. The summed E-state index contributed by atoms with van der Waals surface area (Å²) in [6.07, 6.45) is -4.35. The van der Waals surface area contributed by atoms with Crippen molar-refractivity contribution in [1.82, 2.24) is 0 Å². The molecule has 0 N–H and O–H groups in total. The number of fused-ring (bicyclic) bond motifs is 3. The molecule has 3 rings (SSSR count). The molecule has 0 amide bonds. The van der Waals surface area contributed by atoms with Gasteiger partial charge in [0.25, 0.3) is 0 Å². The van der Waals surface area contributed by atoms with Crippen molar-refractivity contribution in [2.75, 3.05) is 0 Å². The molecule has 1 aliphatic heterocycles. The summed E-state index contributed by atoms with van der Waals surface area (Å²) in [5.74, 6) is -0.340. The third-order valence-corrected chi connectivity index (χ3v) is 7.49. The second-order valence-corrected chi connectivity index (χ2v) is 9.90. The SMILES string of the molecule is C[Si]1(C)c2cc(F)ccc2-c2ccc(C(F)(F)F)cc21. The Kier molecular flexibility index (Phi) is 2.64. The minimum atomic E-state index is -4.35. The van der Waals surface area contributed by atoms with Crippen LogP contribution < -0.4 is 10.4 Å². The van der Waals surface area contributed by atoms with Gasteiger partial charge in [0.1, 0.15) is 13.9 Å². The van der Waals surface area contributed by atoms with Crippen molar-refractivity contribution < 1.29 is 17.6 Å². The van der Waals surface area contributed by atoms with Gasteiger partial charge in [0.05, 0.1) is 5.56 Å². The Balaban J connectivity index is 2.27. The minimum Gasteiger partial charge on any atom is -0.207 e. The molecule has 0 aromatic heterocycles. The monoisotopic (exact) mass is 296 g/mol. The van der Waals surface area contributed by atoms with Crippen molar-refractivity contribution in [2.24, 2.45) is 0 Å². The van der Waals surface area contributed by atoms with E-state index in [9.17, 15) is 17.6 Å². The molecule has 0 radical (unpaired) electrons. The van der Waals surface area contributed by atoms with E-state index >= 15 is 0 Å². The van der Waals surface area contributed by atoms with Crippen LogP contribution in [0.5, 0.6) is 0 Å². The predicted molar refractivity (Wildman–Crippen MR) is 73.6 cm³/mol. The van der Waals surface area contributed by atoms with Gasteiger partial charge in [0.2, 0.25) is 0 Å². The van der Waals surface area contributed by atoms with Gasteiger partial charge in [-0.05, 0) is 45.8 Å². The predicted octanol–water partition coefficient (Wildman–Crippen LogP) is 3.65. The van der Waals surface area contributed by atoms with Crippen molar-refractivity contribution in [1.29, 1.82) is 0 Å². The molecule has 1 heterocycles. The van der Waals surface area contributed by atoms with Crippen LogP contribution in [0.2, 0.25) is 13.1 Å². The molecule has 5 heteroatoms. The van der Waals surface area contributed by atoms with Crippen LogP contribution in [-0.4, -0.2) is 8.07 Å². The lowest BCUT2D eigenvalue weighted by atomic mass is 10.0. The van der Waals surface area contributed by atoms with Gasteiger partial charge in [0, 0.05) is 0 Å². The molecule has 0 fully saturated rings. The van der Waals surface area contributed by atoms with Gasteiger partial charge in [-0.2, -0.15) is 13.2 Å². The van der Waals surface area contributed by atoms with E-state index in [-0.39, 0.29) is 5.82 Å². The normalized spacial score (nSPS) is 15.9. The van der Waals surface area contributed by atoms with E-state index in [1.807, 2.05) is 13.1 Å². The molecule has 20 heavy (non-hydrogen) atoms. The number of rotatable bonds is 0. The van der Waals surface area contributed by atoms with Gasteiger partial charge in [-0.3, -0.25) is 0 Å². The first kappa shape index (κ1) is 13.4. The van der Waals surface area contributed by atoms with Gasteiger partial charge >= 0.3 is 6.18 Å². The van der Waals surface area contributed by atoms with Crippen molar-refractivity contribution in [3.63, 3.8) is 0 Å². The number of benzene rings is 2. The first-order chi connectivity index (χ1) is 9.21. The van der Waals surface area contributed by atoms with Gasteiger partial charge in [-0.1, -0.05) is 25.2 Å². The van der Waals surface area contributed by atoms with Crippen LogP contribution >= 0.6 is 0 Å². The summed E-state index contributed by atoms with van der Waals surface area (Å²) in [5.41, 5.74) is 1.04. The highest BCUT2D eigenvalue weighted by Gasteiger charge is 2.40. The van der Waals surface area contributed by atoms with E-state index in [0.29, 0.717) is 0 Å². The number of hydrogen-bond donors (Lipinski definition) is 0. The topological polar surface area (TPSA) is 0 Å². The summed E-state index contributed by atoms with van der Waals surface area (Å²) in [6, 6.07) is 8.33.